The summed E-state index contributed by atoms with van der Waals surface area (Å²) in [7, 11) is 0. The van der Waals surface area contributed by atoms with Gasteiger partial charge in [0.2, 0.25) is 0 Å². The molecule has 0 bridgehead atoms. The summed E-state index contributed by atoms with van der Waals surface area (Å²) in [6.45, 7) is 10.2. The molecule has 0 aromatic heterocycles. The third kappa shape index (κ3) is 9.49. The molecule has 2 heteroatoms. The predicted molar refractivity (Wildman–Crippen MR) is 65.5 cm³/mol. The molecule has 0 aromatic rings. The first-order chi connectivity index (χ1) is 6.98. The van der Waals surface area contributed by atoms with Crippen molar-refractivity contribution < 1.29 is 0 Å². The van der Waals surface area contributed by atoms with E-state index in [0.717, 1.165) is 32.4 Å². The van der Waals surface area contributed by atoms with Crippen LogP contribution in [0.1, 0.15) is 47.0 Å². The summed E-state index contributed by atoms with van der Waals surface area (Å²) in [5.74, 6) is 0. The van der Waals surface area contributed by atoms with Crippen molar-refractivity contribution in [3.05, 3.63) is 11.6 Å². The van der Waals surface area contributed by atoms with Gasteiger partial charge in [0.15, 0.2) is 0 Å². The summed E-state index contributed by atoms with van der Waals surface area (Å²) in [5.41, 5.74) is 1.20. The van der Waals surface area contributed by atoms with Gasteiger partial charge in [-0.1, -0.05) is 18.1 Å². The van der Waals surface area contributed by atoms with E-state index in [-0.39, 0.29) is 5.41 Å². The van der Waals surface area contributed by atoms with Crippen molar-refractivity contribution in [2.45, 2.75) is 47.0 Å². The first kappa shape index (κ1) is 14.2. The largest absolute Gasteiger partial charge is 0.313 e. The fraction of sp³-hybridized carbons (Fsp3) is 0.769. The molecular formula is C13H24N2. The van der Waals surface area contributed by atoms with Crippen molar-refractivity contribution in [2.24, 2.45) is 5.41 Å². The number of allylic oxidation sites excluding steroid dienone is 1. The molecule has 0 aliphatic carbocycles. The van der Waals surface area contributed by atoms with Gasteiger partial charge in [0.05, 0.1) is 11.5 Å². The van der Waals surface area contributed by atoms with Gasteiger partial charge < -0.3 is 5.32 Å². The number of rotatable bonds is 7. The van der Waals surface area contributed by atoms with E-state index < -0.39 is 0 Å². The van der Waals surface area contributed by atoms with Crippen molar-refractivity contribution in [3.8, 4) is 6.07 Å². The lowest BCUT2D eigenvalue weighted by atomic mass is 9.89. The lowest BCUT2D eigenvalue weighted by Crippen LogP contribution is -2.16. The number of nitrogens with zero attached hydrogens (tertiary/aromatic N) is 1. The summed E-state index contributed by atoms with van der Waals surface area (Å²) in [6, 6.07) is 2.33. The topological polar surface area (TPSA) is 35.8 Å². The van der Waals surface area contributed by atoms with E-state index in [9.17, 15) is 0 Å². The lowest BCUT2D eigenvalue weighted by Gasteiger charge is -2.14. The van der Waals surface area contributed by atoms with Gasteiger partial charge in [0.1, 0.15) is 0 Å². The van der Waals surface area contributed by atoms with E-state index in [1.807, 2.05) is 13.8 Å². The van der Waals surface area contributed by atoms with Crippen LogP contribution in [0.2, 0.25) is 0 Å². The second-order valence-electron chi connectivity index (χ2n) is 4.94. The normalized spacial score (nSPS) is 10.9. The highest BCUT2D eigenvalue weighted by atomic mass is 14.8. The Bertz CT molecular complexity index is 229. The molecule has 2 nitrogen and oxygen atoms in total. The first-order valence-electron chi connectivity index (χ1n) is 5.73. The molecule has 0 saturated carbocycles. The van der Waals surface area contributed by atoms with Crippen LogP contribution in [0.5, 0.6) is 0 Å². The minimum atomic E-state index is -0.153. The Morgan fingerprint density at radius 2 is 2.00 bits per heavy atom. The molecule has 0 rings (SSSR count). The Hall–Kier alpha value is -0.810. The summed E-state index contributed by atoms with van der Waals surface area (Å²) >= 11 is 0. The van der Waals surface area contributed by atoms with E-state index in [1.165, 1.54) is 5.57 Å². The van der Waals surface area contributed by atoms with Gasteiger partial charge in [-0.3, -0.25) is 0 Å². The molecule has 0 aromatic carbocycles. The summed E-state index contributed by atoms with van der Waals surface area (Å²) in [5, 5.41) is 12.2. The highest BCUT2D eigenvalue weighted by Crippen LogP contribution is 2.21. The van der Waals surface area contributed by atoms with Gasteiger partial charge in [-0.25, -0.2) is 0 Å². The fourth-order valence-electron chi connectivity index (χ4n) is 1.25. The quantitative estimate of drug-likeness (QED) is 0.515. The fourth-order valence-corrected chi connectivity index (χ4v) is 1.25. The average molecular weight is 208 g/mol. The highest BCUT2D eigenvalue weighted by Gasteiger charge is 2.14. The van der Waals surface area contributed by atoms with Gasteiger partial charge in [-0.2, -0.15) is 5.26 Å². The summed E-state index contributed by atoms with van der Waals surface area (Å²) in [6.07, 6.45) is 5.47. The maximum atomic E-state index is 8.82. The molecule has 0 spiro atoms. The van der Waals surface area contributed by atoms with Crippen LogP contribution in [0.25, 0.3) is 0 Å². The third-order valence-electron chi connectivity index (χ3n) is 2.36. The minimum Gasteiger partial charge on any atom is -0.313 e. The Morgan fingerprint density at radius 3 is 2.53 bits per heavy atom. The van der Waals surface area contributed by atoms with Crippen LogP contribution in [-0.4, -0.2) is 13.1 Å². The van der Waals surface area contributed by atoms with E-state index in [0.29, 0.717) is 0 Å². The minimum absolute atomic E-state index is 0.153. The molecule has 0 fully saturated rings. The molecule has 0 aliphatic rings. The molecule has 0 amide bonds. The molecule has 0 radical (unpaired) electrons. The Kier molecular flexibility index (Phi) is 7.07. The molecule has 0 aliphatic heterocycles. The van der Waals surface area contributed by atoms with Crippen LogP contribution in [0.15, 0.2) is 11.6 Å². The molecule has 0 unspecified atom stereocenters. The summed E-state index contributed by atoms with van der Waals surface area (Å²) in [4.78, 5) is 0. The van der Waals surface area contributed by atoms with Crippen LogP contribution in [0.4, 0.5) is 0 Å². The van der Waals surface area contributed by atoms with Crippen LogP contribution in [-0.2, 0) is 0 Å². The second kappa shape index (κ2) is 7.48. The monoisotopic (exact) mass is 208 g/mol. The lowest BCUT2D eigenvalue weighted by molar-refractivity contribution is 0.424. The summed E-state index contributed by atoms with van der Waals surface area (Å²) < 4.78 is 0. The predicted octanol–water partition coefficient (Wildman–Crippen LogP) is 3.26. The van der Waals surface area contributed by atoms with E-state index in [2.05, 4.69) is 31.3 Å². The molecule has 0 saturated heterocycles. The number of nitriles is 1. The van der Waals surface area contributed by atoms with E-state index in [1.54, 1.807) is 0 Å². The maximum Gasteiger partial charge on any atom is 0.0683 e. The molecule has 86 valence electrons. The Labute approximate surface area is 94.4 Å². The zero-order valence-corrected chi connectivity index (χ0v) is 10.6. The van der Waals surface area contributed by atoms with Crippen LogP contribution >= 0.6 is 0 Å². The van der Waals surface area contributed by atoms with Gasteiger partial charge in [0.25, 0.3) is 0 Å². The zero-order chi connectivity index (χ0) is 11.7. The Balaban J connectivity index is 3.34. The number of hydrogen-bond donors (Lipinski definition) is 1. The Morgan fingerprint density at radius 1 is 1.33 bits per heavy atom. The number of unbranched alkanes of at least 4 members (excludes halogenated alkanes) is 1. The van der Waals surface area contributed by atoms with Gasteiger partial charge in [0, 0.05) is 6.54 Å². The zero-order valence-electron chi connectivity index (χ0n) is 10.6. The van der Waals surface area contributed by atoms with E-state index in [4.69, 9.17) is 5.26 Å². The van der Waals surface area contributed by atoms with Crippen LogP contribution in [0, 0.1) is 16.7 Å². The smallest absolute Gasteiger partial charge is 0.0683 e. The first-order valence-corrected chi connectivity index (χ1v) is 5.73. The number of nitrogens with one attached hydrogen (secondary N) is 1. The SMILES string of the molecule is CC(C)=CCNCCCCC(C)(C)C#N. The molecular weight excluding hydrogens is 184 g/mol. The molecule has 0 atom stereocenters. The second-order valence-corrected chi connectivity index (χ2v) is 4.94. The molecule has 0 heterocycles. The van der Waals surface area contributed by atoms with Gasteiger partial charge in [-0.05, 0) is 47.1 Å². The van der Waals surface area contributed by atoms with Gasteiger partial charge in [-0.15, -0.1) is 0 Å². The van der Waals surface area contributed by atoms with Gasteiger partial charge >= 0.3 is 0 Å². The van der Waals surface area contributed by atoms with Crippen molar-refractivity contribution in [1.82, 2.24) is 5.32 Å². The average Bonchev–Trinajstić information content (AvgIpc) is 2.16. The van der Waals surface area contributed by atoms with Crippen molar-refractivity contribution in [2.75, 3.05) is 13.1 Å². The molecule has 15 heavy (non-hydrogen) atoms. The third-order valence-corrected chi connectivity index (χ3v) is 2.36. The van der Waals surface area contributed by atoms with Crippen LogP contribution < -0.4 is 5.32 Å². The van der Waals surface area contributed by atoms with Crippen molar-refractivity contribution in [3.63, 3.8) is 0 Å². The standard InChI is InChI=1S/C13H24N2/c1-12(2)7-10-15-9-6-5-8-13(3,4)11-14/h7,15H,5-6,8-10H2,1-4H3. The van der Waals surface area contributed by atoms with Crippen LogP contribution in [0.3, 0.4) is 0 Å². The van der Waals surface area contributed by atoms with E-state index >= 15 is 0 Å². The molecule has 1 N–H and O–H groups in total. The van der Waals surface area contributed by atoms with Crippen molar-refractivity contribution in [1.29, 1.82) is 5.26 Å². The van der Waals surface area contributed by atoms with Crippen molar-refractivity contribution >= 4 is 0 Å². The number of hydrogen-bond acceptors (Lipinski definition) is 2. The highest BCUT2D eigenvalue weighted by molar-refractivity contribution is 4.94. The maximum absolute atomic E-state index is 8.82.